The zero-order valence-electron chi connectivity index (χ0n) is 15.4. The van der Waals surface area contributed by atoms with E-state index in [-0.39, 0.29) is 19.1 Å². The summed E-state index contributed by atoms with van der Waals surface area (Å²) >= 11 is 0. The highest BCUT2D eigenvalue weighted by atomic mass is 19.3. The predicted molar refractivity (Wildman–Crippen MR) is 94.7 cm³/mol. The average Bonchev–Trinajstić information content (AvgIpc) is 3.10. The molecule has 0 radical (unpaired) electrons. The molecular formula is C17H25F2N3O5. The third kappa shape index (κ3) is 7.06. The molecule has 1 aliphatic rings. The van der Waals surface area contributed by atoms with Gasteiger partial charge in [-0.1, -0.05) is 0 Å². The first-order chi connectivity index (χ1) is 13.1. The average molecular weight is 389 g/mol. The second-order valence-corrected chi connectivity index (χ2v) is 5.50. The fourth-order valence-corrected chi connectivity index (χ4v) is 2.33. The van der Waals surface area contributed by atoms with Crippen LogP contribution in [0.25, 0.3) is 0 Å². The fraction of sp³-hybridized carbons (Fsp3) is 0.588. The highest BCUT2D eigenvalue weighted by Crippen LogP contribution is 2.38. The summed E-state index contributed by atoms with van der Waals surface area (Å²) < 4.78 is 50.7. The van der Waals surface area contributed by atoms with Crippen molar-refractivity contribution in [1.29, 1.82) is 0 Å². The van der Waals surface area contributed by atoms with Gasteiger partial charge < -0.3 is 34.3 Å². The van der Waals surface area contributed by atoms with Crippen LogP contribution in [0.5, 0.6) is 17.2 Å². The summed E-state index contributed by atoms with van der Waals surface area (Å²) in [6, 6.07) is 3.02. The summed E-state index contributed by atoms with van der Waals surface area (Å²) in [6.07, 6.45) is 0.786. The molecule has 0 aromatic heterocycles. The molecule has 2 rings (SSSR count). The number of rotatable bonds is 11. The molecule has 0 bridgehead atoms. The van der Waals surface area contributed by atoms with Gasteiger partial charge >= 0.3 is 6.61 Å². The number of alkyl halides is 2. The quantitative estimate of drug-likeness (QED) is 0.339. The molecule has 27 heavy (non-hydrogen) atoms. The maximum Gasteiger partial charge on any atom is 0.387 e. The van der Waals surface area contributed by atoms with E-state index in [1.807, 2.05) is 0 Å². The topological polar surface area (TPSA) is 82.6 Å². The number of guanidine groups is 1. The molecule has 10 heteroatoms. The van der Waals surface area contributed by atoms with Crippen molar-refractivity contribution in [3.8, 4) is 17.2 Å². The fourth-order valence-electron chi connectivity index (χ4n) is 2.33. The second kappa shape index (κ2) is 11.4. The van der Waals surface area contributed by atoms with Gasteiger partial charge in [-0.05, 0) is 12.5 Å². The van der Waals surface area contributed by atoms with Crippen molar-refractivity contribution < 1.29 is 32.5 Å². The Bertz CT molecular complexity index is 616. The summed E-state index contributed by atoms with van der Waals surface area (Å²) in [6.45, 7) is -0.288. The normalized spacial score (nSPS) is 13.1. The van der Waals surface area contributed by atoms with Gasteiger partial charge in [-0.25, -0.2) is 0 Å². The number of methoxy groups -OCH3 is 1. The Morgan fingerprint density at radius 2 is 1.96 bits per heavy atom. The zero-order chi connectivity index (χ0) is 19.5. The third-order valence-electron chi connectivity index (χ3n) is 3.63. The van der Waals surface area contributed by atoms with Gasteiger partial charge in [0.25, 0.3) is 0 Å². The molecule has 0 saturated heterocycles. The third-order valence-corrected chi connectivity index (χ3v) is 3.63. The van der Waals surface area contributed by atoms with E-state index in [1.165, 1.54) is 6.07 Å². The van der Waals surface area contributed by atoms with Crippen molar-refractivity contribution in [2.45, 2.75) is 19.6 Å². The summed E-state index contributed by atoms with van der Waals surface area (Å²) in [5.41, 5.74) is 0.505. The highest BCUT2D eigenvalue weighted by molar-refractivity contribution is 5.79. The number of fused-ring (bicyclic) bond motifs is 1. The van der Waals surface area contributed by atoms with E-state index in [0.29, 0.717) is 49.4 Å². The molecule has 0 atom stereocenters. The van der Waals surface area contributed by atoms with Gasteiger partial charge in [-0.2, -0.15) is 8.78 Å². The molecule has 0 fully saturated rings. The van der Waals surface area contributed by atoms with Crippen molar-refractivity contribution in [2.75, 3.05) is 47.3 Å². The van der Waals surface area contributed by atoms with E-state index >= 15 is 0 Å². The van der Waals surface area contributed by atoms with E-state index < -0.39 is 6.61 Å². The standard InChI is InChI=1S/C17H25F2N3O5/c1-20-17(21-4-3-5-24-7-6-23-2)22-10-12-8-14-15(26-11-25-14)9-13(12)27-16(18)19/h8-9,16H,3-7,10-11H2,1-2H3,(H2,20,21,22). The first-order valence-corrected chi connectivity index (χ1v) is 8.52. The maximum absolute atomic E-state index is 12.7. The Morgan fingerprint density at radius 3 is 2.67 bits per heavy atom. The number of hydrogen-bond donors (Lipinski definition) is 2. The molecule has 1 aliphatic heterocycles. The van der Waals surface area contributed by atoms with Crippen LogP contribution in [-0.2, 0) is 16.0 Å². The van der Waals surface area contributed by atoms with Crippen molar-refractivity contribution in [3.05, 3.63) is 17.7 Å². The number of ether oxygens (including phenoxy) is 5. The Hall–Kier alpha value is -2.33. The lowest BCUT2D eigenvalue weighted by Gasteiger charge is -2.15. The van der Waals surface area contributed by atoms with Crippen LogP contribution in [0.1, 0.15) is 12.0 Å². The Labute approximate surface area is 156 Å². The Kier molecular flexibility index (Phi) is 8.85. The van der Waals surface area contributed by atoms with Crippen molar-refractivity contribution in [2.24, 2.45) is 4.99 Å². The largest absolute Gasteiger partial charge is 0.454 e. The number of hydrogen-bond acceptors (Lipinski definition) is 6. The van der Waals surface area contributed by atoms with Crippen LogP contribution in [0.2, 0.25) is 0 Å². The lowest BCUT2D eigenvalue weighted by molar-refractivity contribution is -0.0505. The summed E-state index contributed by atoms with van der Waals surface area (Å²) in [5.74, 6) is 1.44. The summed E-state index contributed by atoms with van der Waals surface area (Å²) in [4.78, 5) is 4.10. The minimum Gasteiger partial charge on any atom is -0.454 e. The zero-order valence-corrected chi connectivity index (χ0v) is 15.4. The molecule has 0 amide bonds. The lowest BCUT2D eigenvalue weighted by atomic mass is 10.1. The van der Waals surface area contributed by atoms with E-state index in [1.54, 1.807) is 20.2 Å². The highest BCUT2D eigenvalue weighted by Gasteiger charge is 2.20. The molecule has 1 aromatic rings. The van der Waals surface area contributed by atoms with Gasteiger partial charge in [0, 0.05) is 45.5 Å². The van der Waals surface area contributed by atoms with Gasteiger partial charge in [-0.3, -0.25) is 4.99 Å². The van der Waals surface area contributed by atoms with Gasteiger partial charge in [0.15, 0.2) is 17.5 Å². The molecule has 1 heterocycles. The molecule has 0 saturated carbocycles. The molecule has 0 aliphatic carbocycles. The predicted octanol–water partition coefficient (Wildman–Crippen LogP) is 1.73. The molecular weight excluding hydrogens is 364 g/mol. The minimum atomic E-state index is -2.93. The van der Waals surface area contributed by atoms with Crippen LogP contribution < -0.4 is 24.8 Å². The van der Waals surface area contributed by atoms with Crippen LogP contribution in [-0.4, -0.2) is 59.9 Å². The van der Waals surface area contributed by atoms with E-state index in [4.69, 9.17) is 18.9 Å². The van der Waals surface area contributed by atoms with Crippen LogP contribution >= 0.6 is 0 Å². The SMILES string of the molecule is CN=C(NCCCOCCOC)NCc1cc2c(cc1OC(F)F)OCO2. The van der Waals surface area contributed by atoms with Crippen molar-refractivity contribution in [3.63, 3.8) is 0 Å². The molecule has 152 valence electrons. The van der Waals surface area contributed by atoms with E-state index in [9.17, 15) is 8.78 Å². The Balaban J connectivity index is 1.83. The monoisotopic (exact) mass is 389 g/mol. The van der Waals surface area contributed by atoms with Gasteiger partial charge in [-0.15, -0.1) is 0 Å². The molecule has 1 aromatic carbocycles. The van der Waals surface area contributed by atoms with Gasteiger partial charge in [0.1, 0.15) is 5.75 Å². The van der Waals surface area contributed by atoms with Gasteiger partial charge in [0.2, 0.25) is 6.79 Å². The first-order valence-electron chi connectivity index (χ1n) is 8.52. The molecule has 0 spiro atoms. The first kappa shape index (κ1) is 21.0. The number of nitrogens with zero attached hydrogens (tertiary/aromatic N) is 1. The minimum absolute atomic E-state index is 0.0312. The molecule has 2 N–H and O–H groups in total. The van der Waals surface area contributed by atoms with E-state index in [0.717, 1.165) is 6.42 Å². The summed E-state index contributed by atoms with van der Waals surface area (Å²) in [5, 5.41) is 6.18. The smallest absolute Gasteiger partial charge is 0.387 e. The van der Waals surface area contributed by atoms with Crippen LogP contribution in [0.4, 0.5) is 8.78 Å². The number of benzene rings is 1. The number of halogens is 2. The summed E-state index contributed by atoms with van der Waals surface area (Å²) in [7, 11) is 3.25. The van der Waals surface area contributed by atoms with Crippen LogP contribution in [0.3, 0.4) is 0 Å². The number of nitrogens with one attached hydrogen (secondary N) is 2. The Morgan fingerprint density at radius 1 is 1.19 bits per heavy atom. The van der Waals surface area contributed by atoms with Crippen molar-refractivity contribution >= 4 is 5.96 Å². The van der Waals surface area contributed by atoms with Gasteiger partial charge in [0.05, 0.1) is 13.2 Å². The van der Waals surface area contributed by atoms with E-state index in [2.05, 4.69) is 20.4 Å². The lowest BCUT2D eigenvalue weighted by Crippen LogP contribution is -2.37. The molecule has 8 nitrogen and oxygen atoms in total. The molecule has 0 unspecified atom stereocenters. The second-order valence-electron chi connectivity index (χ2n) is 5.50. The van der Waals surface area contributed by atoms with Crippen LogP contribution in [0, 0.1) is 0 Å². The van der Waals surface area contributed by atoms with Crippen LogP contribution in [0.15, 0.2) is 17.1 Å². The maximum atomic E-state index is 12.7. The number of aliphatic imine (C=N–C) groups is 1. The van der Waals surface area contributed by atoms with Crippen molar-refractivity contribution in [1.82, 2.24) is 10.6 Å².